The van der Waals surface area contributed by atoms with Crippen LogP contribution in [0.3, 0.4) is 0 Å². The van der Waals surface area contributed by atoms with Crippen LogP contribution in [0.25, 0.3) is 0 Å². The summed E-state index contributed by atoms with van der Waals surface area (Å²) >= 11 is 0. The Hall–Kier alpha value is -2.63. The average molecular weight is 347 g/mol. The molecule has 6 heteroatoms. The van der Waals surface area contributed by atoms with Crippen LogP contribution in [-0.4, -0.2) is 24.1 Å². The Morgan fingerprint density at radius 2 is 1.88 bits per heavy atom. The molecule has 0 aliphatic heterocycles. The number of carbonyl (C=O) groups excluding carboxylic acids is 3. The van der Waals surface area contributed by atoms with E-state index in [0.717, 1.165) is 24.1 Å². The van der Waals surface area contributed by atoms with Crippen molar-refractivity contribution in [1.29, 1.82) is 0 Å². The Morgan fingerprint density at radius 1 is 1.24 bits per heavy atom. The number of amides is 1. The number of rotatable bonds is 5. The van der Waals surface area contributed by atoms with Gasteiger partial charge in [-0.15, -0.1) is 0 Å². The highest BCUT2D eigenvalue weighted by atomic mass is 16.7. The van der Waals surface area contributed by atoms with Crippen molar-refractivity contribution in [2.75, 3.05) is 5.32 Å². The minimum Gasteiger partial charge on any atom is -0.425 e. The maximum Gasteiger partial charge on any atom is 0.336 e. The second-order valence-corrected chi connectivity index (χ2v) is 6.05. The third kappa shape index (κ3) is 7.20. The molecule has 6 nitrogen and oxygen atoms in total. The van der Waals surface area contributed by atoms with Crippen LogP contribution in [0.15, 0.2) is 36.4 Å². The first kappa shape index (κ1) is 20.4. The molecule has 1 amide bonds. The molecule has 0 spiro atoms. The number of anilines is 1. The van der Waals surface area contributed by atoms with E-state index in [1.165, 1.54) is 6.92 Å². The molecular formula is C19H25NO5. The lowest BCUT2D eigenvalue weighted by Gasteiger charge is -2.26. The molecule has 136 valence electrons. The Balaban J connectivity index is 0.000000257. The summed E-state index contributed by atoms with van der Waals surface area (Å²) in [4.78, 5) is 32.2. The molecule has 25 heavy (non-hydrogen) atoms. The SMILES string of the molecule is C=C(C)C(=O)OC1(OC=O)CCCC1.CC(=O)Nc1cccc(C)c1. The fraction of sp³-hybridized carbons (Fsp3) is 0.421. The van der Waals surface area contributed by atoms with E-state index in [1.807, 2.05) is 31.2 Å². The summed E-state index contributed by atoms with van der Waals surface area (Å²) in [6.45, 7) is 8.86. The molecule has 0 radical (unpaired) electrons. The van der Waals surface area contributed by atoms with Crippen molar-refractivity contribution in [1.82, 2.24) is 0 Å². The summed E-state index contributed by atoms with van der Waals surface area (Å²) in [5.74, 6) is -1.57. The molecule has 0 heterocycles. The summed E-state index contributed by atoms with van der Waals surface area (Å²) in [6.07, 6.45) is 2.95. The smallest absolute Gasteiger partial charge is 0.336 e. The molecule has 0 atom stereocenters. The number of carbonyl (C=O) groups is 3. The molecule has 0 aromatic heterocycles. The van der Waals surface area contributed by atoms with E-state index >= 15 is 0 Å². The van der Waals surface area contributed by atoms with Crippen molar-refractivity contribution in [3.8, 4) is 0 Å². The second-order valence-electron chi connectivity index (χ2n) is 6.05. The van der Waals surface area contributed by atoms with Gasteiger partial charge in [-0.3, -0.25) is 9.59 Å². The summed E-state index contributed by atoms with van der Waals surface area (Å²) in [5.41, 5.74) is 2.32. The van der Waals surface area contributed by atoms with Gasteiger partial charge in [-0.1, -0.05) is 18.7 Å². The molecule has 1 fully saturated rings. The molecule has 1 aromatic carbocycles. The average Bonchev–Trinajstić information content (AvgIpc) is 2.96. The number of hydrogen-bond donors (Lipinski definition) is 1. The third-order valence-corrected chi connectivity index (χ3v) is 3.59. The standard InChI is InChI=1S/C10H14O4.C9H11NO/c1-8(2)9(12)14-10(13-7-11)5-3-4-6-10;1-7-4-3-5-9(6-7)10-8(2)11/h7H,1,3-6H2,2H3;3-6H,1-2H3,(H,10,11). The summed E-state index contributed by atoms with van der Waals surface area (Å²) < 4.78 is 9.96. The van der Waals surface area contributed by atoms with Crippen LogP contribution < -0.4 is 5.32 Å². The predicted octanol–water partition coefficient (Wildman–Crippen LogP) is 3.50. The largest absolute Gasteiger partial charge is 0.425 e. The first-order chi connectivity index (χ1) is 11.8. The maximum atomic E-state index is 11.3. The molecule has 1 aliphatic rings. The van der Waals surface area contributed by atoms with Gasteiger partial charge in [-0.25, -0.2) is 4.79 Å². The second kappa shape index (κ2) is 9.61. The lowest BCUT2D eigenvalue weighted by Crippen LogP contribution is -2.35. The molecule has 1 aromatic rings. The van der Waals surface area contributed by atoms with Crippen LogP contribution in [0.2, 0.25) is 0 Å². The monoisotopic (exact) mass is 347 g/mol. The first-order valence-electron chi connectivity index (χ1n) is 8.12. The van der Waals surface area contributed by atoms with E-state index in [9.17, 15) is 14.4 Å². The van der Waals surface area contributed by atoms with Gasteiger partial charge >= 0.3 is 5.97 Å². The van der Waals surface area contributed by atoms with Crippen molar-refractivity contribution in [3.63, 3.8) is 0 Å². The third-order valence-electron chi connectivity index (χ3n) is 3.59. The highest BCUT2D eigenvalue weighted by Gasteiger charge is 2.39. The Labute approximate surface area is 148 Å². The number of aryl methyl sites for hydroxylation is 1. The van der Waals surface area contributed by atoms with Gasteiger partial charge < -0.3 is 14.8 Å². The molecule has 1 N–H and O–H groups in total. The zero-order valence-electron chi connectivity index (χ0n) is 15.0. The van der Waals surface area contributed by atoms with Gasteiger partial charge in [0.15, 0.2) is 0 Å². The Morgan fingerprint density at radius 3 is 2.36 bits per heavy atom. The molecule has 1 saturated carbocycles. The molecule has 0 saturated heterocycles. The minimum atomic E-state index is -1.03. The molecule has 2 rings (SSSR count). The van der Waals surface area contributed by atoms with E-state index in [0.29, 0.717) is 24.9 Å². The van der Waals surface area contributed by atoms with Crippen LogP contribution in [0.1, 0.15) is 45.1 Å². The van der Waals surface area contributed by atoms with Gasteiger partial charge in [0.05, 0.1) is 0 Å². The van der Waals surface area contributed by atoms with Crippen LogP contribution in [0.4, 0.5) is 5.69 Å². The number of benzene rings is 1. The van der Waals surface area contributed by atoms with Crippen molar-refractivity contribution in [2.45, 2.75) is 52.2 Å². The van der Waals surface area contributed by atoms with E-state index in [-0.39, 0.29) is 5.91 Å². The number of nitrogens with one attached hydrogen (secondary N) is 1. The Bertz CT molecular complexity index is 632. The molecule has 1 aliphatic carbocycles. The summed E-state index contributed by atoms with van der Waals surface area (Å²) in [6, 6.07) is 7.71. The molecule has 0 unspecified atom stereocenters. The van der Waals surface area contributed by atoms with Gasteiger partial charge in [0.2, 0.25) is 5.91 Å². The zero-order valence-corrected chi connectivity index (χ0v) is 15.0. The summed E-state index contributed by atoms with van der Waals surface area (Å²) in [5, 5.41) is 2.71. The zero-order chi connectivity index (χ0) is 18.9. The van der Waals surface area contributed by atoms with Crippen LogP contribution in [0.5, 0.6) is 0 Å². The minimum absolute atomic E-state index is 0.0319. The van der Waals surface area contributed by atoms with E-state index in [2.05, 4.69) is 11.9 Å². The van der Waals surface area contributed by atoms with E-state index < -0.39 is 11.8 Å². The van der Waals surface area contributed by atoms with Crippen LogP contribution in [-0.2, 0) is 23.9 Å². The normalized spacial score (nSPS) is 14.5. The fourth-order valence-corrected chi connectivity index (χ4v) is 2.43. The van der Waals surface area contributed by atoms with Gasteiger partial charge in [0.1, 0.15) is 0 Å². The lowest BCUT2D eigenvalue weighted by molar-refractivity contribution is -0.215. The lowest BCUT2D eigenvalue weighted by atomic mass is 10.2. The summed E-state index contributed by atoms with van der Waals surface area (Å²) in [7, 11) is 0. The van der Waals surface area contributed by atoms with Crippen LogP contribution >= 0.6 is 0 Å². The van der Waals surface area contributed by atoms with E-state index in [4.69, 9.17) is 9.47 Å². The van der Waals surface area contributed by atoms with Gasteiger partial charge in [-0.05, 0) is 44.4 Å². The molecular weight excluding hydrogens is 322 g/mol. The van der Waals surface area contributed by atoms with Gasteiger partial charge in [0, 0.05) is 31.0 Å². The van der Waals surface area contributed by atoms with Crippen molar-refractivity contribution in [2.24, 2.45) is 0 Å². The number of esters is 1. The highest BCUT2D eigenvalue weighted by Crippen LogP contribution is 2.34. The first-order valence-corrected chi connectivity index (χ1v) is 8.12. The maximum absolute atomic E-state index is 11.3. The highest BCUT2D eigenvalue weighted by molar-refractivity contribution is 5.88. The van der Waals surface area contributed by atoms with Crippen molar-refractivity contribution < 1.29 is 23.9 Å². The predicted molar refractivity (Wildman–Crippen MR) is 94.7 cm³/mol. The topological polar surface area (TPSA) is 81.7 Å². The number of hydrogen-bond acceptors (Lipinski definition) is 5. The van der Waals surface area contributed by atoms with Crippen LogP contribution in [0, 0.1) is 6.92 Å². The molecule has 0 bridgehead atoms. The van der Waals surface area contributed by atoms with Gasteiger partial charge in [0.25, 0.3) is 12.3 Å². The Kier molecular flexibility index (Phi) is 7.85. The van der Waals surface area contributed by atoms with Crippen molar-refractivity contribution in [3.05, 3.63) is 42.0 Å². The fourth-order valence-electron chi connectivity index (χ4n) is 2.43. The van der Waals surface area contributed by atoms with Crippen molar-refractivity contribution >= 4 is 24.0 Å². The van der Waals surface area contributed by atoms with Gasteiger partial charge in [-0.2, -0.15) is 0 Å². The van der Waals surface area contributed by atoms with E-state index in [1.54, 1.807) is 6.92 Å². The number of ether oxygens (including phenoxy) is 2. The quantitative estimate of drug-likeness (QED) is 0.381.